The van der Waals surface area contributed by atoms with E-state index in [2.05, 4.69) is 15.6 Å². The van der Waals surface area contributed by atoms with Crippen molar-refractivity contribution in [3.05, 3.63) is 10.6 Å². The highest BCUT2D eigenvalue weighted by Gasteiger charge is 2.34. The first-order valence-corrected chi connectivity index (χ1v) is 8.62. The molecule has 1 aromatic rings. The van der Waals surface area contributed by atoms with Crippen molar-refractivity contribution in [1.82, 2.24) is 10.3 Å². The predicted octanol–water partition coefficient (Wildman–Crippen LogP) is 2.49. The van der Waals surface area contributed by atoms with Crippen LogP contribution in [0.1, 0.15) is 49.1 Å². The zero-order valence-electron chi connectivity index (χ0n) is 11.7. The normalized spacial score (nSPS) is 31.3. The first-order chi connectivity index (χ1) is 9.76. The number of piperidine rings is 1. The number of fused-ring (bicyclic) bond motifs is 3. The molecule has 2 unspecified atom stereocenters. The van der Waals surface area contributed by atoms with Gasteiger partial charge in [-0.3, -0.25) is 4.79 Å². The maximum atomic E-state index is 12.2. The highest BCUT2D eigenvalue weighted by molar-refractivity contribution is 7.15. The van der Waals surface area contributed by atoms with E-state index in [0.717, 1.165) is 30.8 Å². The second kappa shape index (κ2) is 5.11. The fourth-order valence-electron chi connectivity index (χ4n) is 4.02. The van der Waals surface area contributed by atoms with E-state index in [-0.39, 0.29) is 5.91 Å². The molecule has 5 heteroatoms. The van der Waals surface area contributed by atoms with Crippen molar-refractivity contribution < 1.29 is 4.79 Å². The molecule has 1 aromatic heterocycles. The molecule has 2 atom stereocenters. The van der Waals surface area contributed by atoms with Crippen LogP contribution >= 0.6 is 11.3 Å². The number of carbonyl (C=O) groups is 1. The van der Waals surface area contributed by atoms with Crippen LogP contribution < -0.4 is 10.6 Å². The summed E-state index contributed by atoms with van der Waals surface area (Å²) < 4.78 is 0. The highest BCUT2D eigenvalue weighted by atomic mass is 32.1. The van der Waals surface area contributed by atoms with Crippen LogP contribution in [0.4, 0.5) is 5.13 Å². The van der Waals surface area contributed by atoms with E-state index in [9.17, 15) is 4.79 Å². The Morgan fingerprint density at radius 2 is 2.10 bits per heavy atom. The van der Waals surface area contributed by atoms with E-state index >= 15 is 0 Å². The second-order valence-electron chi connectivity index (χ2n) is 6.47. The summed E-state index contributed by atoms with van der Waals surface area (Å²) in [6.07, 6.45) is 9.03. The molecular weight excluding hydrogens is 270 g/mol. The number of anilines is 1. The maximum absolute atomic E-state index is 12.2. The predicted molar refractivity (Wildman–Crippen MR) is 80.1 cm³/mol. The third-order valence-electron chi connectivity index (χ3n) is 4.89. The molecule has 4 nitrogen and oxygen atoms in total. The minimum absolute atomic E-state index is 0.156. The van der Waals surface area contributed by atoms with Gasteiger partial charge in [0.2, 0.25) is 5.91 Å². The van der Waals surface area contributed by atoms with Gasteiger partial charge in [-0.05, 0) is 50.9 Å². The van der Waals surface area contributed by atoms with Crippen molar-refractivity contribution in [3.8, 4) is 0 Å². The summed E-state index contributed by atoms with van der Waals surface area (Å²) in [6.45, 7) is 0. The van der Waals surface area contributed by atoms with Crippen molar-refractivity contribution >= 4 is 22.4 Å². The van der Waals surface area contributed by atoms with Crippen LogP contribution in [-0.2, 0) is 17.6 Å². The number of thiazole rings is 1. The van der Waals surface area contributed by atoms with Gasteiger partial charge in [-0.1, -0.05) is 0 Å². The van der Waals surface area contributed by atoms with Gasteiger partial charge in [0.1, 0.15) is 0 Å². The van der Waals surface area contributed by atoms with Crippen LogP contribution in [0.5, 0.6) is 0 Å². The molecule has 2 saturated heterocycles. The molecule has 0 radical (unpaired) electrons. The fraction of sp³-hybridized carbons (Fsp3) is 0.733. The van der Waals surface area contributed by atoms with Gasteiger partial charge in [-0.15, -0.1) is 11.3 Å². The summed E-state index contributed by atoms with van der Waals surface area (Å²) in [7, 11) is 0. The fourth-order valence-corrected chi connectivity index (χ4v) is 5.08. The molecule has 2 fully saturated rings. The molecule has 3 aliphatic rings. The standard InChI is InChI=1S/C15H21N3OS/c19-14(8-9-6-10-4-5-11(7-9)16-10)18-15-17-12-2-1-3-13(12)20-15/h9-11,16H,1-8H2,(H,17,18,19). The van der Waals surface area contributed by atoms with E-state index in [1.165, 1.54) is 29.8 Å². The van der Waals surface area contributed by atoms with Crippen molar-refractivity contribution in [3.63, 3.8) is 0 Å². The third-order valence-corrected chi connectivity index (χ3v) is 5.96. The monoisotopic (exact) mass is 291 g/mol. The number of rotatable bonds is 3. The molecule has 0 saturated carbocycles. The molecule has 0 aromatic carbocycles. The molecule has 2 N–H and O–H groups in total. The van der Waals surface area contributed by atoms with E-state index in [4.69, 9.17) is 0 Å². The zero-order chi connectivity index (χ0) is 13.5. The third kappa shape index (κ3) is 2.49. The number of carbonyl (C=O) groups excluding carboxylic acids is 1. The second-order valence-corrected chi connectivity index (χ2v) is 7.55. The number of hydrogen-bond donors (Lipinski definition) is 2. The Balaban J connectivity index is 1.33. The summed E-state index contributed by atoms with van der Waals surface area (Å²) in [5, 5.41) is 7.46. The number of aromatic nitrogens is 1. The molecule has 1 amide bonds. The first kappa shape index (κ1) is 12.8. The lowest BCUT2D eigenvalue weighted by molar-refractivity contribution is -0.117. The average Bonchev–Trinajstić information content (AvgIpc) is 3.04. The number of hydrogen-bond acceptors (Lipinski definition) is 4. The molecule has 2 bridgehead atoms. The van der Waals surface area contributed by atoms with Gasteiger partial charge in [-0.2, -0.15) is 0 Å². The van der Waals surface area contributed by atoms with E-state index in [1.807, 2.05) is 0 Å². The molecule has 1 aliphatic carbocycles. The highest BCUT2D eigenvalue weighted by Crippen LogP contribution is 2.34. The minimum atomic E-state index is 0.156. The Hall–Kier alpha value is -0.940. The van der Waals surface area contributed by atoms with Crippen molar-refractivity contribution in [2.24, 2.45) is 5.92 Å². The Labute approximate surface area is 123 Å². The van der Waals surface area contributed by atoms with Gasteiger partial charge in [0.15, 0.2) is 5.13 Å². The summed E-state index contributed by atoms with van der Waals surface area (Å²) in [6, 6.07) is 1.32. The molecular formula is C15H21N3OS. The topological polar surface area (TPSA) is 54.0 Å². The SMILES string of the molecule is O=C(CC1CC2CCC(C1)N2)Nc1nc2c(s1)CCC2. The smallest absolute Gasteiger partial charge is 0.226 e. The van der Waals surface area contributed by atoms with Crippen LogP contribution in [-0.4, -0.2) is 23.0 Å². The van der Waals surface area contributed by atoms with Crippen molar-refractivity contribution in [2.75, 3.05) is 5.32 Å². The number of nitrogens with one attached hydrogen (secondary N) is 2. The molecule has 108 valence electrons. The summed E-state index contributed by atoms with van der Waals surface area (Å²) >= 11 is 1.67. The van der Waals surface area contributed by atoms with Crippen LogP contribution in [0.15, 0.2) is 0 Å². The summed E-state index contributed by atoms with van der Waals surface area (Å²) in [5.74, 6) is 0.712. The van der Waals surface area contributed by atoms with Gasteiger partial charge in [0, 0.05) is 23.4 Å². The summed E-state index contributed by atoms with van der Waals surface area (Å²) in [4.78, 5) is 18.1. The van der Waals surface area contributed by atoms with Crippen LogP contribution in [0, 0.1) is 5.92 Å². The molecule has 2 aliphatic heterocycles. The number of nitrogens with zero attached hydrogens (tertiary/aromatic N) is 1. The van der Waals surface area contributed by atoms with E-state index in [0.29, 0.717) is 24.4 Å². The Bertz CT molecular complexity index is 494. The van der Waals surface area contributed by atoms with E-state index in [1.54, 1.807) is 11.3 Å². The lowest BCUT2D eigenvalue weighted by atomic mass is 9.89. The largest absolute Gasteiger partial charge is 0.311 e. The van der Waals surface area contributed by atoms with Crippen LogP contribution in [0.2, 0.25) is 0 Å². The minimum Gasteiger partial charge on any atom is -0.311 e. The van der Waals surface area contributed by atoms with Crippen LogP contribution in [0.3, 0.4) is 0 Å². The van der Waals surface area contributed by atoms with Crippen molar-refractivity contribution in [2.45, 2.75) is 63.5 Å². The Kier molecular flexibility index (Phi) is 3.27. The lowest BCUT2D eigenvalue weighted by Crippen LogP contribution is -2.39. The van der Waals surface area contributed by atoms with Gasteiger partial charge in [-0.25, -0.2) is 4.98 Å². The molecule has 0 spiro atoms. The molecule has 4 rings (SSSR count). The van der Waals surface area contributed by atoms with Gasteiger partial charge in [0.05, 0.1) is 5.69 Å². The van der Waals surface area contributed by atoms with Crippen LogP contribution in [0.25, 0.3) is 0 Å². The Morgan fingerprint density at radius 1 is 1.30 bits per heavy atom. The first-order valence-electron chi connectivity index (χ1n) is 7.81. The molecule has 3 heterocycles. The quantitative estimate of drug-likeness (QED) is 0.899. The molecule has 20 heavy (non-hydrogen) atoms. The Morgan fingerprint density at radius 3 is 2.85 bits per heavy atom. The average molecular weight is 291 g/mol. The van der Waals surface area contributed by atoms with Gasteiger partial charge >= 0.3 is 0 Å². The van der Waals surface area contributed by atoms with E-state index < -0.39 is 0 Å². The number of aryl methyl sites for hydroxylation is 2. The lowest BCUT2D eigenvalue weighted by Gasteiger charge is -2.28. The number of amides is 1. The maximum Gasteiger partial charge on any atom is 0.226 e. The van der Waals surface area contributed by atoms with Gasteiger partial charge < -0.3 is 10.6 Å². The van der Waals surface area contributed by atoms with Gasteiger partial charge in [0.25, 0.3) is 0 Å². The summed E-state index contributed by atoms with van der Waals surface area (Å²) in [5.41, 5.74) is 1.21. The zero-order valence-corrected chi connectivity index (χ0v) is 12.5. The van der Waals surface area contributed by atoms with Crippen molar-refractivity contribution in [1.29, 1.82) is 0 Å².